The van der Waals surface area contributed by atoms with Crippen LogP contribution >= 0.6 is 0 Å². The zero-order valence-electron chi connectivity index (χ0n) is 18.8. The number of aromatic nitrogens is 4. The van der Waals surface area contributed by atoms with Crippen molar-refractivity contribution in [1.82, 2.24) is 19.9 Å². The minimum absolute atomic E-state index is 0.292. The first-order valence-corrected chi connectivity index (χ1v) is 13.8. The third kappa shape index (κ3) is 3.86. The van der Waals surface area contributed by atoms with Crippen LogP contribution in [0.3, 0.4) is 0 Å². The fraction of sp³-hybridized carbons (Fsp3) is 0.462. The van der Waals surface area contributed by atoms with E-state index in [4.69, 9.17) is 9.97 Å². The van der Waals surface area contributed by atoms with E-state index < -0.39 is 9.84 Å². The van der Waals surface area contributed by atoms with Crippen LogP contribution in [0.5, 0.6) is 0 Å². The highest BCUT2D eigenvalue weighted by atomic mass is 32.2. The monoisotopic (exact) mass is 462 g/mol. The first-order chi connectivity index (χ1) is 16.1. The van der Waals surface area contributed by atoms with Crippen LogP contribution in [-0.2, 0) is 9.84 Å². The molecule has 2 heterocycles. The Morgan fingerprint density at radius 2 is 1.06 bits per heavy atom. The molecule has 6 rings (SSSR count). The average Bonchev–Trinajstić information content (AvgIpc) is 3.48. The van der Waals surface area contributed by atoms with Crippen LogP contribution in [0.15, 0.2) is 46.2 Å². The molecule has 0 atom stereocenters. The average molecular weight is 463 g/mol. The van der Waals surface area contributed by atoms with Gasteiger partial charge in [-0.2, -0.15) is 0 Å². The molecule has 0 saturated heterocycles. The van der Waals surface area contributed by atoms with E-state index in [1.807, 2.05) is 12.1 Å². The number of hydrogen-bond donors (Lipinski definition) is 2. The molecular weight excluding hydrogens is 432 g/mol. The number of nitrogens with zero attached hydrogens (tertiary/aromatic N) is 2. The molecule has 7 heteroatoms. The van der Waals surface area contributed by atoms with Gasteiger partial charge in [-0.1, -0.05) is 38.5 Å². The molecule has 2 aromatic carbocycles. The van der Waals surface area contributed by atoms with Crippen LogP contribution in [0.2, 0.25) is 0 Å². The van der Waals surface area contributed by atoms with Crippen molar-refractivity contribution in [3.8, 4) is 0 Å². The number of fused-ring (bicyclic) bond motifs is 2. The van der Waals surface area contributed by atoms with Crippen LogP contribution in [0.25, 0.3) is 22.1 Å². The van der Waals surface area contributed by atoms with Gasteiger partial charge in [0.05, 0.1) is 31.9 Å². The molecule has 0 amide bonds. The number of sulfone groups is 1. The fourth-order valence-electron chi connectivity index (χ4n) is 5.63. The minimum atomic E-state index is -3.65. The Hall–Kier alpha value is -2.67. The highest BCUT2D eigenvalue weighted by molar-refractivity contribution is 7.91. The second-order valence-corrected chi connectivity index (χ2v) is 11.7. The normalized spacial score (nSPS) is 18.9. The summed E-state index contributed by atoms with van der Waals surface area (Å²) in [6.45, 7) is 0. The molecule has 172 valence electrons. The topological polar surface area (TPSA) is 91.5 Å². The van der Waals surface area contributed by atoms with Gasteiger partial charge in [0.1, 0.15) is 11.6 Å². The lowest BCUT2D eigenvalue weighted by Gasteiger charge is -2.18. The molecular formula is C26H30N4O2S. The summed E-state index contributed by atoms with van der Waals surface area (Å²) in [6.07, 6.45) is 12.1. The first-order valence-electron chi connectivity index (χ1n) is 12.3. The smallest absolute Gasteiger partial charge is 0.206 e. The zero-order chi connectivity index (χ0) is 22.4. The van der Waals surface area contributed by atoms with Gasteiger partial charge in [0.25, 0.3) is 0 Å². The molecule has 2 saturated carbocycles. The maximum absolute atomic E-state index is 13.5. The van der Waals surface area contributed by atoms with Crippen molar-refractivity contribution in [2.24, 2.45) is 0 Å². The van der Waals surface area contributed by atoms with Crippen LogP contribution in [-0.4, -0.2) is 28.4 Å². The van der Waals surface area contributed by atoms with Crippen molar-refractivity contribution >= 4 is 31.9 Å². The summed E-state index contributed by atoms with van der Waals surface area (Å²) in [6, 6.07) is 10.5. The van der Waals surface area contributed by atoms with E-state index in [0.29, 0.717) is 21.6 Å². The Morgan fingerprint density at radius 3 is 1.48 bits per heavy atom. The van der Waals surface area contributed by atoms with Crippen LogP contribution in [0.4, 0.5) is 0 Å². The van der Waals surface area contributed by atoms with E-state index in [0.717, 1.165) is 59.4 Å². The Morgan fingerprint density at radius 1 is 0.636 bits per heavy atom. The molecule has 2 fully saturated rings. The summed E-state index contributed by atoms with van der Waals surface area (Å²) in [5.74, 6) is 2.89. The van der Waals surface area contributed by atoms with E-state index in [-0.39, 0.29) is 0 Å². The molecule has 4 aromatic rings. The van der Waals surface area contributed by atoms with Crippen LogP contribution in [0, 0.1) is 0 Å². The van der Waals surface area contributed by atoms with Gasteiger partial charge in [0.15, 0.2) is 0 Å². The fourth-order valence-corrected chi connectivity index (χ4v) is 6.94. The van der Waals surface area contributed by atoms with E-state index >= 15 is 0 Å². The highest BCUT2D eigenvalue weighted by Gasteiger charge is 2.23. The summed E-state index contributed by atoms with van der Waals surface area (Å²) in [5, 5.41) is 0. The quantitative estimate of drug-likeness (QED) is 0.369. The van der Waals surface area contributed by atoms with Gasteiger partial charge in [-0.15, -0.1) is 0 Å². The third-order valence-electron chi connectivity index (χ3n) is 7.55. The molecule has 2 N–H and O–H groups in total. The molecule has 6 nitrogen and oxygen atoms in total. The summed E-state index contributed by atoms with van der Waals surface area (Å²) >= 11 is 0. The van der Waals surface area contributed by atoms with Crippen molar-refractivity contribution in [3.05, 3.63) is 48.0 Å². The number of benzene rings is 2. The van der Waals surface area contributed by atoms with E-state index in [1.165, 1.54) is 38.5 Å². The van der Waals surface area contributed by atoms with Gasteiger partial charge >= 0.3 is 0 Å². The lowest BCUT2D eigenvalue weighted by Crippen LogP contribution is -2.05. The zero-order valence-corrected chi connectivity index (χ0v) is 19.6. The van der Waals surface area contributed by atoms with E-state index in [9.17, 15) is 8.42 Å². The van der Waals surface area contributed by atoms with Crippen molar-refractivity contribution in [2.45, 2.75) is 85.8 Å². The lowest BCUT2D eigenvalue weighted by molar-refractivity contribution is 0.431. The number of aromatic amines is 2. The van der Waals surface area contributed by atoms with Gasteiger partial charge in [-0.3, -0.25) is 0 Å². The number of imidazole rings is 2. The lowest BCUT2D eigenvalue weighted by atomic mass is 9.89. The van der Waals surface area contributed by atoms with Gasteiger partial charge in [0.2, 0.25) is 9.84 Å². The maximum Gasteiger partial charge on any atom is 0.206 e. The van der Waals surface area contributed by atoms with Crippen LogP contribution in [0.1, 0.15) is 87.7 Å². The number of nitrogens with one attached hydrogen (secondary N) is 2. The number of hydrogen-bond acceptors (Lipinski definition) is 4. The second-order valence-electron chi connectivity index (χ2n) is 9.78. The molecule has 0 bridgehead atoms. The third-order valence-corrected chi connectivity index (χ3v) is 9.30. The molecule has 0 aliphatic heterocycles. The number of rotatable bonds is 4. The Balaban J connectivity index is 1.32. The molecule has 0 unspecified atom stereocenters. The summed E-state index contributed by atoms with van der Waals surface area (Å²) < 4.78 is 26.9. The highest BCUT2D eigenvalue weighted by Crippen LogP contribution is 2.34. The maximum atomic E-state index is 13.5. The number of H-pyrrole nitrogens is 2. The van der Waals surface area contributed by atoms with E-state index in [1.54, 1.807) is 24.3 Å². The first kappa shape index (κ1) is 20.9. The summed E-state index contributed by atoms with van der Waals surface area (Å²) in [7, 11) is -3.65. The molecule has 2 aliphatic rings. The van der Waals surface area contributed by atoms with E-state index in [2.05, 4.69) is 9.97 Å². The molecule has 0 radical (unpaired) electrons. The molecule has 33 heavy (non-hydrogen) atoms. The van der Waals surface area contributed by atoms with Crippen molar-refractivity contribution in [3.63, 3.8) is 0 Å². The molecule has 2 aliphatic carbocycles. The standard InChI is InChI=1S/C26H30N4O2S/c31-33(32,19-11-13-21-23(15-19)29-25(27-21)17-7-3-1-4-8-17)20-12-14-22-24(16-20)30-26(28-22)18-9-5-2-6-10-18/h11-18H,1-10H2,(H,27,29)(H,28,30). The summed E-state index contributed by atoms with van der Waals surface area (Å²) in [4.78, 5) is 16.9. The largest absolute Gasteiger partial charge is 0.342 e. The second kappa shape index (κ2) is 8.28. The van der Waals surface area contributed by atoms with Crippen molar-refractivity contribution < 1.29 is 8.42 Å². The molecule has 0 spiro atoms. The van der Waals surface area contributed by atoms with Crippen LogP contribution < -0.4 is 0 Å². The Labute approximate surface area is 194 Å². The van der Waals surface area contributed by atoms with Gasteiger partial charge in [0, 0.05) is 11.8 Å². The predicted octanol–water partition coefficient (Wildman–Crippen LogP) is 6.37. The summed E-state index contributed by atoms with van der Waals surface area (Å²) in [5.41, 5.74) is 3.24. The van der Waals surface area contributed by atoms with Gasteiger partial charge in [-0.05, 0) is 62.1 Å². The van der Waals surface area contributed by atoms with Crippen molar-refractivity contribution in [2.75, 3.05) is 0 Å². The minimum Gasteiger partial charge on any atom is -0.342 e. The van der Waals surface area contributed by atoms with Gasteiger partial charge in [-0.25, -0.2) is 18.4 Å². The van der Waals surface area contributed by atoms with Crippen molar-refractivity contribution in [1.29, 1.82) is 0 Å². The Bertz CT molecular complexity index is 1300. The molecule has 2 aromatic heterocycles. The predicted molar refractivity (Wildman–Crippen MR) is 129 cm³/mol. The SMILES string of the molecule is O=S(=O)(c1ccc2nc(C3CCCCC3)[nH]c2c1)c1ccc2nc(C3CCCCC3)[nH]c2c1. The Kier molecular flexibility index (Phi) is 5.24. The van der Waals surface area contributed by atoms with Gasteiger partial charge < -0.3 is 9.97 Å².